The molecule has 0 saturated carbocycles. The minimum Gasteiger partial charge on any atom is -0.339 e. The van der Waals surface area contributed by atoms with Gasteiger partial charge in [-0.05, 0) is 43.9 Å². The predicted molar refractivity (Wildman–Crippen MR) is 99.3 cm³/mol. The fraction of sp³-hybridized carbons (Fsp3) is 0.350. The van der Waals surface area contributed by atoms with Crippen molar-refractivity contribution in [2.24, 2.45) is 5.92 Å². The summed E-state index contributed by atoms with van der Waals surface area (Å²) in [6.45, 7) is 3.91. The molecule has 4 heterocycles. The lowest BCUT2D eigenvalue weighted by Crippen LogP contribution is -2.40. The predicted octanol–water partition coefficient (Wildman–Crippen LogP) is 2.36. The first-order valence-corrected chi connectivity index (χ1v) is 8.99. The summed E-state index contributed by atoms with van der Waals surface area (Å²) in [6, 6.07) is 7.86. The second-order valence-electron chi connectivity index (χ2n) is 7.03. The van der Waals surface area contributed by atoms with Crippen LogP contribution >= 0.6 is 0 Å². The van der Waals surface area contributed by atoms with Crippen LogP contribution in [0.3, 0.4) is 0 Å². The third-order valence-electron chi connectivity index (χ3n) is 5.18. The maximum absolute atomic E-state index is 12.8. The van der Waals surface area contributed by atoms with Gasteiger partial charge in [0.15, 0.2) is 0 Å². The lowest BCUT2D eigenvalue weighted by molar-refractivity contribution is 0.0682. The summed E-state index contributed by atoms with van der Waals surface area (Å²) < 4.78 is 3.66. The van der Waals surface area contributed by atoms with Crippen molar-refractivity contribution in [2.45, 2.75) is 26.3 Å². The van der Waals surface area contributed by atoms with E-state index in [0.717, 1.165) is 37.0 Å². The highest BCUT2D eigenvalue weighted by Gasteiger charge is 2.24. The Hall–Kier alpha value is -2.89. The zero-order valence-electron chi connectivity index (χ0n) is 14.8. The topological polar surface area (TPSA) is 59.6 Å². The molecule has 4 rings (SSSR count). The van der Waals surface area contributed by atoms with Crippen molar-refractivity contribution in [2.75, 3.05) is 13.1 Å². The minimum atomic E-state index is 0.0269. The van der Waals surface area contributed by atoms with Crippen LogP contribution in [0.5, 0.6) is 0 Å². The van der Waals surface area contributed by atoms with E-state index in [9.17, 15) is 9.59 Å². The van der Waals surface area contributed by atoms with Crippen molar-refractivity contribution >= 4 is 11.4 Å². The molecule has 1 aliphatic rings. The molecular weight excluding hydrogens is 328 g/mol. The first-order chi connectivity index (χ1) is 12.6. The lowest BCUT2D eigenvalue weighted by atomic mass is 9.96. The Morgan fingerprint density at radius 3 is 2.85 bits per heavy atom. The number of piperidine rings is 1. The van der Waals surface area contributed by atoms with Crippen molar-refractivity contribution in [3.63, 3.8) is 0 Å². The van der Waals surface area contributed by atoms with E-state index in [1.807, 2.05) is 46.0 Å². The monoisotopic (exact) mass is 350 g/mol. The van der Waals surface area contributed by atoms with Gasteiger partial charge in [-0.3, -0.25) is 14.2 Å². The number of fused-ring (bicyclic) bond motifs is 1. The maximum atomic E-state index is 12.8. The van der Waals surface area contributed by atoms with Crippen LogP contribution in [0.25, 0.3) is 5.52 Å². The molecule has 3 aromatic heterocycles. The quantitative estimate of drug-likeness (QED) is 0.729. The van der Waals surface area contributed by atoms with E-state index in [1.165, 1.54) is 0 Å². The standard InChI is InChI=1S/C20H22N4O2/c1-15-11-21-14-24(19(15)25)12-16-5-8-22(9-6-16)20(26)17-10-18-4-2-3-7-23(18)13-17/h2-4,7,10-11,13-14,16H,5-6,8-9,12H2,1H3. The van der Waals surface area contributed by atoms with E-state index in [0.29, 0.717) is 18.0 Å². The van der Waals surface area contributed by atoms with Gasteiger partial charge in [-0.2, -0.15) is 0 Å². The molecule has 1 fully saturated rings. The average Bonchev–Trinajstić information content (AvgIpc) is 3.10. The molecule has 0 aliphatic carbocycles. The Bertz CT molecular complexity index is 963. The first-order valence-electron chi connectivity index (χ1n) is 8.99. The molecule has 0 aromatic carbocycles. The zero-order chi connectivity index (χ0) is 18.1. The number of aryl methyl sites for hydroxylation is 1. The number of carbonyl (C=O) groups is 1. The summed E-state index contributed by atoms with van der Waals surface area (Å²) in [5.41, 5.74) is 2.45. The first kappa shape index (κ1) is 16.6. The second-order valence-corrected chi connectivity index (χ2v) is 7.03. The van der Waals surface area contributed by atoms with Crippen LogP contribution in [-0.2, 0) is 6.54 Å². The fourth-order valence-electron chi connectivity index (χ4n) is 3.64. The lowest BCUT2D eigenvalue weighted by Gasteiger charge is -2.32. The molecule has 0 unspecified atom stereocenters. The summed E-state index contributed by atoms with van der Waals surface area (Å²) in [5, 5.41) is 0. The molecule has 0 radical (unpaired) electrons. The molecule has 6 nitrogen and oxygen atoms in total. The van der Waals surface area contributed by atoms with Crippen molar-refractivity contribution in [3.8, 4) is 0 Å². The zero-order valence-corrected chi connectivity index (χ0v) is 14.8. The van der Waals surface area contributed by atoms with Gasteiger partial charge in [0.2, 0.25) is 0 Å². The summed E-state index contributed by atoms with van der Waals surface area (Å²) in [4.78, 5) is 31.0. The van der Waals surface area contributed by atoms with E-state index in [-0.39, 0.29) is 11.5 Å². The number of likely N-dealkylation sites (tertiary alicyclic amines) is 1. The average molecular weight is 350 g/mol. The molecule has 1 saturated heterocycles. The number of carbonyl (C=O) groups excluding carboxylic acids is 1. The maximum Gasteiger partial charge on any atom is 0.256 e. The number of pyridine rings is 1. The van der Waals surface area contributed by atoms with Gasteiger partial charge in [0.25, 0.3) is 11.5 Å². The number of nitrogens with zero attached hydrogens (tertiary/aromatic N) is 4. The van der Waals surface area contributed by atoms with Gasteiger partial charge in [-0.25, -0.2) is 4.98 Å². The highest BCUT2D eigenvalue weighted by molar-refractivity contribution is 5.95. The SMILES string of the molecule is Cc1cncn(CC2CCN(C(=O)c3cc4ccccn4c3)CC2)c1=O. The molecule has 1 amide bonds. The third kappa shape index (κ3) is 3.14. The third-order valence-corrected chi connectivity index (χ3v) is 5.18. The summed E-state index contributed by atoms with van der Waals surface area (Å²) >= 11 is 0. The Balaban J connectivity index is 1.40. The summed E-state index contributed by atoms with van der Waals surface area (Å²) in [7, 11) is 0. The fourth-order valence-corrected chi connectivity index (χ4v) is 3.64. The van der Waals surface area contributed by atoms with Gasteiger partial charge in [0.1, 0.15) is 0 Å². The van der Waals surface area contributed by atoms with Crippen LogP contribution in [0, 0.1) is 12.8 Å². The number of amides is 1. The normalized spacial score (nSPS) is 15.5. The highest BCUT2D eigenvalue weighted by atomic mass is 16.2. The van der Waals surface area contributed by atoms with Crippen LogP contribution in [0.1, 0.15) is 28.8 Å². The van der Waals surface area contributed by atoms with Crippen LogP contribution in [-0.4, -0.2) is 37.8 Å². The molecule has 26 heavy (non-hydrogen) atoms. The number of hydrogen-bond donors (Lipinski definition) is 0. The minimum absolute atomic E-state index is 0.0269. The molecule has 1 aliphatic heterocycles. The van der Waals surface area contributed by atoms with Gasteiger partial charge >= 0.3 is 0 Å². The van der Waals surface area contributed by atoms with Crippen molar-refractivity contribution in [3.05, 3.63) is 70.7 Å². The van der Waals surface area contributed by atoms with E-state index in [4.69, 9.17) is 0 Å². The molecular formula is C20H22N4O2. The van der Waals surface area contributed by atoms with E-state index >= 15 is 0 Å². The Kier molecular flexibility index (Phi) is 4.32. The Labute approximate surface area is 151 Å². The van der Waals surface area contributed by atoms with Gasteiger partial charge in [0, 0.05) is 49.3 Å². The Morgan fingerprint density at radius 2 is 2.08 bits per heavy atom. The molecule has 3 aromatic rings. The molecule has 0 spiro atoms. The molecule has 6 heteroatoms. The van der Waals surface area contributed by atoms with Crippen molar-refractivity contribution < 1.29 is 4.79 Å². The molecule has 0 bridgehead atoms. The van der Waals surface area contributed by atoms with Crippen LogP contribution in [0.15, 0.2) is 54.0 Å². The number of rotatable bonds is 3. The molecule has 0 N–H and O–H groups in total. The van der Waals surface area contributed by atoms with Crippen molar-refractivity contribution in [1.82, 2.24) is 18.9 Å². The Morgan fingerprint density at radius 1 is 1.27 bits per heavy atom. The van der Waals surface area contributed by atoms with Gasteiger partial charge in [-0.1, -0.05) is 6.07 Å². The van der Waals surface area contributed by atoms with Gasteiger partial charge < -0.3 is 9.30 Å². The van der Waals surface area contributed by atoms with E-state index in [1.54, 1.807) is 24.0 Å². The smallest absolute Gasteiger partial charge is 0.256 e. The molecule has 0 atom stereocenters. The van der Waals surface area contributed by atoms with Crippen molar-refractivity contribution in [1.29, 1.82) is 0 Å². The van der Waals surface area contributed by atoms with E-state index in [2.05, 4.69) is 4.98 Å². The van der Waals surface area contributed by atoms with Crippen LogP contribution < -0.4 is 5.56 Å². The largest absolute Gasteiger partial charge is 0.339 e. The highest BCUT2D eigenvalue weighted by Crippen LogP contribution is 2.21. The van der Waals surface area contributed by atoms with Gasteiger partial charge in [-0.15, -0.1) is 0 Å². The second kappa shape index (κ2) is 6.78. The van der Waals surface area contributed by atoms with Crippen LogP contribution in [0.2, 0.25) is 0 Å². The number of hydrogen-bond acceptors (Lipinski definition) is 3. The van der Waals surface area contributed by atoms with Gasteiger partial charge in [0.05, 0.1) is 11.9 Å². The molecule has 134 valence electrons. The van der Waals surface area contributed by atoms with Crippen LogP contribution in [0.4, 0.5) is 0 Å². The summed E-state index contributed by atoms with van der Waals surface area (Å²) in [6.07, 6.45) is 8.86. The van der Waals surface area contributed by atoms with E-state index < -0.39 is 0 Å². The summed E-state index contributed by atoms with van der Waals surface area (Å²) in [5.74, 6) is 0.481. The number of aromatic nitrogens is 3.